The zero-order chi connectivity index (χ0) is 18.5. The number of aromatic nitrogens is 3. The highest BCUT2D eigenvalue weighted by molar-refractivity contribution is 7.13. The Hall–Kier alpha value is -2.80. The number of piperazine rings is 1. The Kier molecular flexibility index (Phi) is 5.39. The largest absolute Gasteiger partial charge is 0.353 e. The molecule has 1 fully saturated rings. The fourth-order valence-electron chi connectivity index (χ4n) is 3.17. The van der Waals surface area contributed by atoms with Crippen molar-refractivity contribution in [3.05, 3.63) is 60.0 Å². The molecule has 0 bridgehead atoms. The summed E-state index contributed by atoms with van der Waals surface area (Å²) in [5.74, 6) is 1.19. The molecule has 0 spiro atoms. The standard InChI is InChI=1S/C20H21N5OS/c26-19(25-13-11-24(12-14-25)18-3-1-2-8-22-18)5-4-17-15-27-20(23-17)16-6-9-21-10-7-16/h1-3,6-10,15H,4-5,11-14H2. The first-order chi connectivity index (χ1) is 13.3. The van der Waals surface area contributed by atoms with Crippen LogP contribution in [-0.4, -0.2) is 51.9 Å². The van der Waals surface area contributed by atoms with Crippen molar-refractivity contribution in [3.8, 4) is 10.6 Å². The molecular formula is C20H21N5OS. The van der Waals surface area contributed by atoms with Gasteiger partial charge in [-0.25, -0.2) is 9.97 Å². The molecule has 0 aromatic carbocycles. The van der Waals surface area contributed by atoms with Gasteiger partial charge < -0.3 is 9.80 Å². The molecule has 7 heteroatoms. The smallest absolute Gasteiger partial charge is 0.223 e. The first-order valence-electron chi connectivity index (χ1n) is 9.08. The van der Waals surface area contributed by atoms with E-state index in [1.807, 2.05) is 40.6 Å². The van der Waals surface area contributed by atoms with Gasteiger partial charge in [0, 0.05) is 62.1 Å². The monoisotopic (exact) mass is 379 g/mol. The molecule has 1 aliphatic rings. The lowest BCUT2D eigenvalue weighted by Crippen LogP contribution is -2.49. The van der Waals surface area contributed by atoms with Crippen LogP contribution in [0, 0.1) is 0 Å². The van der Waals surface area contributed by atoms with Crippen LogP contribution in [0.25, 0.3) is 10.6 Å². The molecule has 27 heavy (non-hydrogen) atoms. The predicted molar refractivity (Wildman–Crippen MR) is 107 cm³/mol. The average Bonchev–Trinajstić information content (AvgIpc) is 3.22. The van der Waals surface area contributed by atoms with Crippen LogP contribution < -0.4 is 4.90 Å². The Labute approximate surface area is 162 Å². The molecule has 138 valence electrons. The lowest BCUT2D eigenvalue weighted by Gasteiger charge is -2.35. The maximum atomic E-state index is 12.6. The van der Waals surface area contributed by atoms with Crippen LogP contribution in [0.4, 0.5) is 5.82 Å². The Bertz CT molecular complexity index is 876. The van der Waals surface area contributed by atoms with E-state index < -0.39 is 0 Å². The summed E-state index contributed by atoms with van der Waals surface area (Å²) in [6.45, 7) is 3.14. The van der Waals surface area contributed by atoms with Crippen molar-refractivity contribution in [1.29, 1.82) is 0 Å². The summed E-state index contributed by atoms with van der Waals surface area (Å²) >= 11 is 1.61. The molecule has 1 amide bonds. The molecule has 4 rings (SSSR count). The highest BCUT2D eigenvalue weighted by Crippen LogP contribution is 2.23. The second kappa shape index (κ2) is 8.26. The summed E-state index contributed by atoms with van der Waals surface area (Å²) in [6.07, 6.45) is 6.53. The number of thiazole rings is 1. The summed E-state index contributed by atoms with van der Waals surface area (Å²) < 4.78 is 0. The van der Waals surface area contributed by atoms with E-state index in [1.54, 1.807) is 29.9 Å². The summed E-state index contributed by atoms with van der Waals surface area (Å²) in [7, 11) is 0. The van der Waals surface area contributed by atoms with Gasteiger partial charge in [-0.1, -0.05) is 6.07 Å². The Balaban J connectivity index is 1.27. The van der Waals surface area contributed by atoms with Gasteiger partial charge in [-0.15, -0.1) is 11.3 Å². The Morgan fingerprint density at radius 2 is 1.85 bits per heavy atom. The van der Waals surface area contributed by atoms with Crippen molar-refractivity contribution in [2.45, 2.75) is 12.8 Å². The van der Waals surface area contributed by atoms with E-state index in [0.717, 1.165) is 48.3 Å². The molecule has 0 radical (unpaired) electrons. The number of carbonyl (C=O) groups is 1. The molecule has 0 atom stereocenters. The van der Waals surface area contributed by atoms with Gasteiger partial charge in [0.2, 0.25) is 5.91 Å². The maximum absolute atomic E-state index is 12.6. The molecule has 1 aliphatic heterocycles. The average molecular weight is 379 g/mol. The molecule has 3 aromatic rings. The van der Waals surface area contributed by atoms with Crippen LogP contribution in [-0.2, 0) is 11.2 Å². The summed E-state index contributed by atoms with van der Waals surface area (Å²) in [5.41, 5.74) is 2.05. The van der Waals surface area contributed by atoms with Gasteiger partial charge in [0.1, 0.15) is 10.8 Å². The lowest BCUT2D eigenvalue weighted by atomic mass is 10.2. The van der Waals surface area contributed by atoms with Gasteiger partial charge in [0.15, 0.2) is 0 Å². The van der Waals surface area contributed by atoms with Crippen molar-refractivity contribution in [2.24, 2.45) is 0 Å². The molecule has 0 N–H and O–H groups in total. The number of hydrogen-bond acceptors (Lipinski definition) is 6. The van der Waals surface area contributed by atoms with Crippen LogP contribution in [0.1, 0.15) is 12.1 Å². The SMILES string of the molecule is O=C(CCc1csc(-c2ccncc2)n1)N1CCN(c2ccccn2)CC1. The predicted octanol–water partition coefficient (Wildman–Crippen LogP) is 2.88. The maximum Gasteiger partial charge on any atom is 0.223 e. The minimum atomic E-state index is 0.203. The lowest BCUT2D eigenvalue weighted by molar-refractivity contribution is -0.131. The van der Waals surface area contributed by atoms with Gasteiger partial charge in [0.25, 0.3) is 0 Å². The molecule has 0 aliphatic carbocycles. The number of pyridine rings is 2. The topological polar surface area (TPSA) is 62.2 Å². The number of nitrogens with zero attached hydrogens (tertiary/aromatic N) is 5. The first kappa shape index (κ1) is 17.6. The fourth-order valence-corrected chi connectivity index (χ4v) is 4.03. The third-order valence-electron chi connectivity index (χ3n) is 4.68. The number of amides is 1. The zero-order valence-corrected chi connectivity index (χ0v) is 15.8. The third kappa shape index (κ3) is 4.31. The van der Waals surface area contributed by atoms with Gasteiger partial charge in [-0.2, -0.15) is 0 Å². The quantitative estimate of drug-likeness (QED) is 0.682. The number of hydrogen-bond donors (Lipinski definition) is 0. The van der Waals surface area contributed by atoms with Crippen molar-refractivity contribution in [3.63, 3.8) is 0 Å². The second-order valence-electron chi connectivity index (χ2n) is 6.44. The molecule has 1 saturated heterocycles. The second-order valence-corrected chi connectivity index (χ2v) is 7.29. The van der Waals surface area contributed by atoms with E-state index in [9.17, 15) is 4.79 Å². The van der Waals surface area contributed by atoms with E-state index in [1.165, 1.54) is 0 Å². The van der Waals surface area contributed by atoms with Gasteiger partial charge >= 0.3 is 0 Å². The van der Waals surface area contributed by atoms with Crippen LogP contribution in [0.3, 0.4) is 0 Å². The van der Waals surface area contributed by atoms with Crippen LogP contribution in [0.2, 0.25) is 0 Å². The zero-order valence-electron chi connectivity index (χ0n) is 15.0. The van der Waals surface area contributed by atoms with E-state index in [2.05, 4.69) is 19.9 Å². The highest BCUT2D eigenvalue weighted by atomic mass is 32.1. The van der Waals surface area contributed by atoms with E-state index in [-0.39, 0.29) is 5.91 Å². The highest BCUT2D eigenvalue weighted by Gasteiger charge is 2.21. The number of aryl methyl sites for hydroxylation is 1. The molecule has 0 saturated carbocycles. The molecule has 3 aromatic heterocycles. The Morgan fingerprint density at radius 3 is 2.59 bits per heavy atom. The van der Waals surface area contributed by atoms with Crippen LogP contribution in [0.5, 0.6) is 0 Å². The van der Waals surface area contributed by atoms with E-state index in [4.69, 9.17) is 0 Å². The van der Waals surface area contributed by atoms with Gasteiger partial charge in [-0.05, 0) is 30.7 Å². The minimum absolute atomic E-state index is 0.203. The summed E-state index contributed by atoms with van der Waals surface area (Å²) in [5, 5.41) is 3.02. The normalized spacial score (nSPS) is 14.4. The minimum Gasteiger partial charge on any atom is -0.353 e. The summed E-state index contributed by atoms with van der Waals surface area (Å²) in [4.78, 5) is 29.8. The molecule has 0 unspecified atom stereocenters. The van der Waals surface area contributed by atoms with Gasteiger partial charge in [0.05, 0.1) is 5.69 Å². The Morgan fingerprint density at radius 1 is 1.04 bits per heavy atom. The van der Waals surface area contributed by atoms with E-state index >= 15 is 0 Å². The number of rotatable bonds is 5. The van der Waals surface area contributed by atoms with E-state index in [0.29, 0.717) is 12.8 Å². The fraction of sp³-hybridized carbons (Fsp3) is 0.300. The van der Waals surface area contributed by atoms with Gasteiger partial charge in [-0.3, -0.25) is 9.78 Å². The van der Waals surface area contributed by atoms with Crippen molar-refractivity contribution < 1.29 is 4.79 Å². The number of anilines is 1. The van der Waals surface area contributed by atoms with Crippen LogP contribution in [0.15, 0.2) is 54.3 Å². The van der Waals surface area contributed by atoms with Crippen molar-refractivity contribution >= 4 is 23.1 Å². The van der Waals surface area contributed by atoms with Crippen molar-refractivity contribution in [2.75, 3.05) is 31.1 Å². The molecule has 4 heterocycles. The molecular weight excluding hydrogens is 358 g/mol. The first-order valence-corrected chi connectivity index (χ1v) is 9.96. The third-order valence-corrected chi connectivity index (χ3v) is 5.62. The van der Waals surface area contributed by atoms with Crippen molar-refractivity contribution in [1.82, 2.24) is 19.9 Å². The van der Waals surface area contributed by atoms with Crippen LogP contribution >= 0.6 is 11.3 Å². The summed E-state index contributed by atoms with van der Waals surface area (Å²) in [6, 6.07) is 9.83. The molecule has 6 nitrogen and oxygen atoms in total. The number of carbonyl (C=O) groups excluding carboxylic acids is 1.